The molecule has 4 nitrogen and oxygen atoms in total. The average molecular weight is 214 g/mol. The molecule has 0 amide bonds. The number of nitrogens with two attached hydrogens (primary N) is 1. The number of aryl methyl sites for hydroxylation is 1. The van der Waals surface area contributed by atoms with Crippen LogP contribution in [0.25, 0.3) is 0 Å². The van der Waals surface area contributed by atoms with E-state index in [0.717, 1.165) is 17.2 Å². The van der Waals surface area contributed by atoms with E-state index in [-0.39, 0.29) is 0 Å². The third kappa shape index (κ3) is 2.35. The van der Waals surface area contributed by atoms with Crippen LogP contribution in [-0.2, 0) is 6.54 Å². The largest absolute Gasteiger partial charge is 0.339 e. The first-order chi connectivity index (χ1) is 7.79. The molecular formula is C12H14N4. The lowest BCUT2D eigenvalue weighted by molar-refractivity contribution is 0.902. The van der Waals surface area contributed by atoms with Crippen molar-refractivity contribution in [1.29, 1.82) is 0 Å². The minimum atomic E-state index is 0.414. The Morgan fingerprint density at radius 1 is 1.12 bits per heavy atom. The minimum Gasteiger partial charge on any atom is -0.339 e. The summed E-state index contributed by atoms with van der Waals surface area (Å²) in [5.74, 6) is 0.728. The summed E-state index contributed by atoms with van der Waals surface area (Å²) in [6, 6.07) is 11.8. The summed E-state index contributed by atoms with van der Waals surface area (Å²) < 4.78 is 0. The molecule has 0 aliphatic heterocycles. The molecule has 4 heteroatoms. The Kier molecular flexibility index (Phi) is 3.12. The van der Waals surface area contributed by atoms with E-state index >= 15 is 0 Å². The van der Waals surface area contributed by atoms with Crippen molar-refractivity contribution in [1.82, 2.24) is 10.2 Å². The van der Waals surface area contributed by atoms with E-state index < -0.39 is 0 Å². The van der Waals surface area contributed by atoms with Crippen LogP contribution in [0.1, 0.15) is 11.3 Å². The van der Waals surface area contributed by atoms with Crippen molar-refractivity contribution in [3.05, 3.63) is 47.7 Å². The van der Waals surface area contributed by atoms with Gasteiger partial charge in [0.2, 0.25) is 0 Å². The molecule has 0 bridgehead atoms. The molecule has 1 heterocycles. The molecule has 82 valence electrons. The van der Waals surface area contributed by atoms with Gasteiger partial charge in [-0.2, -0.15) is 5.10 Å². The zero-order chi connectivity index (χ0) is 11.4. The zero-order valence-electron chi connectivity index (χ0n) is 9.14. The van der Waals surface area contributed by atoms with Crippen molar-refractivity contribution in [2.24, 2.45) is 5.73 Å². The molecule has 0 fully saturated rings. The lowest BCUT2D eigenvalue weighted by Gasteiger charge is -2.07. The van der Waals surface area contributed by atoms with Crippen molar-refractivity contribution >= 4 is 11.5 Å². The Morgan fingerprint density at radius 3 is 2.56 bits per heavy atom. The summed E-state index contributed by atoms with van der Waals surface area (Å²) in [6.07, 6.45) is 0. The predicted octanol–water partition coefficient (Wildman–Crippen LogP) is 1.99. The average Bonchev–Trinajstić information content (AvgIpc) is 2.33. The maximum absolute atomic E-state index is 5.45. The first-order valence-corrected chi connectivity index (χ1v) is 5.15. The van der Waals surface area contributed by atoms with Gasteiger partial charge in [0.25, 0.3) is 0 Å². The standard InChI is InChI=1S/C12H14N4/c1-9-4-2-3-5-11(9)14-12-7-6-10(8-13)15-16-12/h2-7H,8,13H2,1H3,(H,14,16). The molecule has 0 unspecified atom stereocenters. The van der Waals surface area contributed by atoms with Gasteiger partial charge < -0.3 is 11.1 Å². The van der Waals surface area contributed by atoms with Crippen LogP contribution < -0.4 is 11.1 Å². The second-order valence-corrected chi connectivity index (χ2v) is 3.55. The molecule has 16 heavy (non-hydrogen) atoms. The van der Waals surface area contributed by atoms with E-state index in [1.54, 1.807) is 0 Å². The monoisotopic (exact) mass is 214 g/mol. The van der Waals surface area contributed by atoms with Crippen molar-refractivity contribution < 1.29 is 0 Å². The van der Waals surface area contributed by atoms with Gasteiger partial charge >= 0.3 is 0 Å². The van der Waals surface area contributed by atoms with Gasteiger partial charge in [0.05, 0.1) is 5.69 Å². The Hall–Kier alpha value is -1.94. The molecule has 0 aliphatic rings. The zero-order valence-corrected chi connectivity index (χ0v) is 9.14. The predicted molar refractivity (Wildman–Crippen MR) is 64.4 cm³/mol. The van der Waals surface area contributed by atoms with Gasteiger partial charge in [-0.05, 0) is 30.7 Å². The summed E-state index contributed by atoms with van der Waals surface area (Å²) in [4.78, 5) is 0. The molecule has 0 atom stereocenters. The fourth-order valence-electron chi connectivity index (χ4n) is 1.39. The Balaban J connectivity index is 2.18. The summed E-state index contributed by atoms with van der Waals surface area (Å²) in [6.45, 7) is 2.46. The summed E-state index contributed by atoms with van der Waals surface area (Å²) >= 11 is 0. The SMILES string of the molecule is Cc1ccccc1Nc1ccc(CN)nn1. The minimum absolute atomic E-state index is 0.414. The van der Waals surface area contributed by atoms with Gasteiger partial charge in [-0.3, -0.25) is 0 Å². The molecule has 0 radical (unpaired) electrons. The molecule has 1 aromatic heterocycles. The smallest absolute Gasteiger partial charge is 0.153 e. The van der Waals surface area contributed by atoms with Gasteiger partial charge in [0.1, 0.15) is 0 Å². The fourth-order valence-corrected chi connectivity index (χ4v) is 1.39. The van der Waals surface area contributed by atoms with E-state index in [2.05, 4.69) is 15.5 Å². The third-order valence-electron chi connectivity index (χ3n) is 2.34. The highest BCUT2D eigenvalue weighted by Crippen LogP contribution is 2.17. The van der Waals surface area contributed by atoms with Crippen molar-refractivity contribution in [3.8, 4) is 0 Å². The topological polar surface area (TPSA) is 63.8 Å². The van der Waals surface area contributed by atoms with Crippen LogP contribution in [0.5, 0.6) is 0 Å². The molecule has 0 saturated heterocycles. The van der Waals surface area contributed by atoms with Crippen molar-refractivity contribution in [2.75, 3.05) is 5.32 Å². The lowest BCUT2D eigenvalue weighted by atomic mass is 10.2. The second-order valence-electron chi connectivity index (χ2n) is 3.55. The van der Waals surface area contributed by atoms with E-state index in [9.17, 15) is 0 Å². The molecular weight excluding hydrogens is 200 g/mol. The molecule has 2 aromatic rings. The van der Waals surface area contributed by atoms with Crippen molar-refractivity contribution in [2.45, 2.75) is 13.5 Å². The van der Waals surface area contributed by atoms with Gasteiger partial charge in [-0.15, -0.1) is 5.10 Å². The number of hydrogen-bond acceptors (Lipinski definition) is 4. The lowest BCUT2D eigenvalue weighted by Crippen LogP contribution is -2.03. The highest BCUT2D eigenvalue weighted by atomic mass is 15.2. The quantitative estimate of drug-likeness (QED) is 0.820. The van der Waals surface area contributed by atoms with Crippen LogP contribution in [0.15, 0.2) is 36.4 Å². The normalized spacial score (nSPS) is 10.1. The van der Waals surface area contributed by atoms with E-state index in [1.165, 1.54) is 5.56 Å². The highest BCUT2D eigenvalue weighted by molar-refractivity contribution is 5.59. The van der Waals surface area contributed by atoms with E-state index in [0.29, 0.717) is 6.54 Å². The van der Waals surface area contributed by atoms with Crippen LogP contribution in [0, 0.1) is 6.92 Å². The fraction of sp³-hybridized carbons (Fsp3) is 0.167. The number of benzene rings is 1. The molecule has 0 saturated carbocycles. The summed E-state index contributed by atoms with van der Waals surface area (Å²) in [7, 11) is 0. The molecule has 1 aromatic carbocycles. The maximum Gasteiger partial charge on any atom is 0.153 e. The number of hydrogen-bond donors (Lipinski definition) is 2. The van der Waals surface area contributed by atoms with Crippen LogP contribution >= 0.6 is 0 Å². The van der Waals surface area contributed by atoms with Gasteiger partial charge in [-0.25, -0.2) is 0 Å². The Bertz CT molecular complexity index is 465. The Labute approximate surface area is 94.5 Å². The second kappa shape index (κ2) is 4.72. The van der Waals surface area contributed by atoms with Gasteiger partial charge in [-0.1, -0.05) is 18.2 Å². The number of nitrogens with zero attached hydrogens (tertiary/aromatic N) is 2. The number of nitrogens with one attached hydrogen (secondary N) is 1. The molecule has 0 aliphatic carbocycles. The Morgan fingerprint density at radius 2 is 1.94 bits per heavy atom. The van der Waals surface area contributed by atoms with E-state index in [1.807, 2.05) is 43.3 Å². The first kappa shape index (κ1) is 10.6. The number of anilines is 2. The molecule has 0 spiro atoms. The van der Waals surface area contributed by atoms with Gasteiger partial charge in [0.15, 0.2) is 5.82 Å². The molecule has 3 N–H and O–H groups in total. The number of aromatic nitrogens is 2. The van der Waals surface area contributed by atoms with Crippen LogP contribution in [-0.4, -0.2) is 10.2 Å². The highest BCUT2D eigenvalue weighted by Gasteiger charge is 1.99. The number of para-hydroxylation sites is 1. The van der Waals surface area contributed by atoms with Crippen LogP contribution in [0.2, 0.25) is 0 Å². The third-order valence-corrected chi connectivity index (χ3v) is 2.34. The number of rotatable bonds is 3. The van der Waals surface area contributed by atoms with Crippen LogP contribution in [0.4, 0.5) is 11.5 Å². The van der Waals surface area contributed by atoms with Gasteiger partial charge in [0, 0.05) is 12.2 Å². The summed E-state index contributed by atoms with van der Waals surface area (Å²) in [5, 5.41) is 11.2. The van der Waals surface area contributed by atoms with E-state index in [4.69, 9.17) is 5.73 Å². The van der Waals surface area contributed by atoms with Crippen molar-refractivity contribution in [3.63, 3.8) is 0 Å². The summed E-state index contributed by atoms with van der Waals surface area (Å²) in [5.41, 5.74) is 8.45. The first-order valence-electron chi connectivity index (χ1n) is 5.15. The molecule has 2 rings (SSSR count). The maximum atomic E-state index is 5.45. The van der Waals surface area contributed by atoms with Crippen LogP contribution in [0.3, 0.4) is 0 Å².